The first-order chi connectivity index (χ1) is 10.0. The number of aromatic nitrogens is 1. The Bertz CT molecular complexity index is 401. The molecule has 0 spiro atoms. The normalized spacial score (nSPS) is 12.9. The zero-order valence-electron chi connectivity index (χ0n) is 14.7. The molecule has 0 fully saturated rings. The fourth-order valence-corrected chi connectivity index (χ4v) is 3.45. The van der Waals surface area contributed by atoms with Crippen molar-refractivity contribution in [3.8, 4) is 0 Å². The van der Waals surface area contributed by atoms with Crippen molar-refractivity contribution in [2.75, 3.05) is 18.0 Å². The second-order valence-corrected chi connectivity index (χ2v) is 7.15. The van der Waals surface area contributed by atoms with Crippen molar-refractivity contribution in [2.24, 2.45) is 0 Å². The minimum absolute atomic E-state index is 0.516. The number of thiazole rings is 1. The number of hydrogen-bond donors (Lipinski definition) is 1. The molecular formula is C17H33N3S. The van der Waals surface area contributed by atoms with Crippen LogP contribution in [0.5, 0.6) is 0 Å². The predicted molar refractivity (Wildman–Crippen MR) is 95.6 cm³/mol. The van der Waals surface area contributed by atoms with Crippen molar-refractivity contribution in [2.45, 2.75) is 79.3 Å². The Kier molecular flexibility index (Phi) is 8.27. The predicted octanol–water partition coefficient (Wildman–Crippen LogP) is 4.78. The summed E-state index contributed by atoms with van der Waals surface area (Å²) < 4.78 is 0. The average molecular weight is 312 g/mol. The van der Waals surface area contributed by atoms with Gasteiger partial charge in [0.15, 0.2) is 5.13 Å². The summed E-state index contributed by atoms with van der Waals surface area (Å²) in [6.07, 6.45) is 3.63. The summed E-state index contributed by atoms with van der Waals surface area (Å²) >= 11 is 1.88. The molecule has 1 atom stereocenters. The van der Waals surface area contributed by atoms with Crippen molar-refractivity contribution in [1.82, 2.24) is 10.3 Å². The lowest BCUT2D eigenvalue weighted by atomic mass is 10.0. The smallest absolute Gasteiger partial charge is 0.185 e. The van der Waals surface area contributed by atoms with Gasteiger partial charge in [-0.3, -0.25) is 0 Å². The molecule has 1 rings (SSSR count). The van der Waals surface area contributed by atoms with Crippen molar-refractivity contribution in [3.05, 3.63) is 10.6 Å². The van der Waals surface area contributed by atoms with Crippen LogP contribution < -0.4 is 10.2 Å². The van der Waals surface area contributed by atoms with E-state index in [-0.39, 0.29) is 0 Å². The number of anilines is 1. The summed E-state index contributed by atoms with van der Waals surface area (Å²) in [6, 6.07) is 0.516. The van der Waals surface area contributed by atoms with Gasteiger partial charge in [0, 0.05) is 30.6 Å². The molecule has 0 aliphatic carbocycles. The highest BCUT2D eigenvalue weighted by atomic mass is 32.1. The number of hydrogen-bond acceptors (Lipinski definition) is 4. The first-order valence-electron chi connectivity index (χ1n) is 8.51. The number of rotatable bonds is 10. The molecule has 1 N–H and O–H groups in total. The summed E-state index contributed by atoms with van der Waals surface area (Å²) in [7, 11) is 0. The topological polar surface area (TPSA) is 28.2 Å². The van der Waals surface area contributed by atoms with Crippen LogP contribution in [0.15, 0.2) is 0 Å². The van der Waals surface area contributed by atoms with Crippen molar-refractivity contribution in [1.29, 1.82) is 0 Å². The summed E-state index contributed by atoms with van der Waals surface area (Å²) in [5, 5.41) is 4.76. The molecule has 0 saturated carbocycles. The molecule has 0 aromatic carbocycles. The zero-order chi connectivity index (χ0) is 15.8. The van der Waals surface area contributed by atoms with Crippen LogP contribution in [0.3, 0.4) is 0 Å². The van der Waals surface area contributed by atoms with Gasteiger partial charge in [0.05, 0.1) is 5.69 Å². The maximum Gasteiger partial charge on any atom is 0.185 e. The molecule has 0 bridgehead atoms. The SMILES string of the molecule is CCCCN(CC)c1nc(C(C)CC)c(CNC(C)C)s1. The monoisotopic (exact) mass is 311 g/mol. The number of unbranched alkanes of at least 4 members (excludes halogenated alkanes) is 1. The van der Waals surface area contributed by atoms with Gasteiger partial charge in [-0.1, -0.05) is 41.0 Å². The van der Waals surface area contributed by atoms with Crippen molar-refractivity contribution in [3.63, 3.8) is 0 Å². The fourth-order valence-electron chi connectivity index (χ4n) is 2.23. The molecule has 0 amide bonds. The third kappa shape index (κ3) is 5.59. The molecule has 122 valence electrons. The van der Waals surface area contributed by atoms with Gasteiger partial charge in [-0.25, -0.2) is 4.98 Å². The van der Waals surface area contributed by atoms with Crippen LogP contribution in [0.1, 0.15) is 77.3 Å². The van der Waals surface area contributed by atoms with Crippen LogP contribution >= 0.6 is 11.3 Å². The molecule has 3 nitrogen and oxygen atoms in total. The third-order valence-corrected chi connectivity index (χ3v) is 5.03. The lowest BCUT2D eigenvalue weighted by Crippen LogP contribution is -2.23. The second kappa shape index (κ2) is 9.42. The zero-order valence-corrected chi connectivity index (χ0v) is 15.5. The van der Waals surface area contributed by atoms with Gasteiger partial charge < -0.3 is 10.2 Å². The molecule has 21 heavy (non-hydrogen) atoms. The van der Waals surface area contributed by atoms with Gasteiger partial charge in [-0.2, -0.15) is 0 Å². The van der Waals surface area contributed by atoms with E-state index in [1.165, 1.54) is 28.5 Å². The van der Waals surface area contributed by atoms with Crippen LogP contribution in [0.25, 0.3) is 0 Å². The maximum absolute atomic E-state index is 4.99. The van der Waals surface area contributed by atoms with E-state index in [1.807, 2.05) is 11.3 Å². The van der Waals surface area contributed by atoms with Gasteiger partial charge >= 0.3 is 0 Å². The molecule has 1 aromatic rings. The van der Waals surface area contributed by atoms with Crippen LogP contribution in [-0.2, 0) is 6.54 Å². The van der Waals surface area contributed by atoms with Gasteiger partial charge in [0.2, 0.25) is 0 Å². The molecular weight excluding hydrogens is 278 g/mol. The summed E-state index contributed by atoms with van der Waals surface area (Å²) in [6.45, 7) is 16.5. The Morgan fingerprint density at radius 3 is 2.43 bits per heavy atom. The van der Waals surface area contributed by atoms with E-state index < -0.39 is 0 Å². The van der Waals surface area contributed by atoms with Crippen LogP contribution in [0.2, 0.25) is 0 Å². The minimum Gasteiger partial charge on any atom is -0.348 e. The van der Waals surface area contributed by atoms with Gasteiger partial charge in [0.25, 0.3) is 0 Å². The number of nitrogens with zero attached hydrogens (tertiary/aromatic N) is 2. The van der Waals surface area contributed by atoms with Crippen molar-refractivity contribution >= 4 is 16.5 Å². The Morgan fingerprint density at radius 1 is 1.19 bits per heavy atom. The highest BCUT2D eigenvalue weighted by molar-refractivity contribution is 7.15. The Balaban J connectivity index is 2.94. The maximum atomic E-state index is 4.99. The fraction of sp³-hybridized carbons (Fsp3) is 0.824. The molecule has 1 aromatic heterocycles. The Labute approximate surface area is 135 Å². The van der Waals surface area contributed by atoms with E-state index in [9.17, 15) is 0 Å². The van der Waals surface area contributed by atoms with E-state index in [0.29, 0.717) is 12.0 Å². The molecule has 0 radical (unpaired) electrons. The largest absolute Gasteiger partial charge is 0.348 e. The first kappa shape index (κ1) is 18.4. The standard InChI is InChI=1S/C17H33N3S/c1-7-10-11-20(9-3)17-19-16(14(6)8-2)15(21-17)12-18-13(4)5/h13-14,18H,7-12H2,1-6H3. The van der Waals surface area contributed by atoms with E-state index in [4.69, 9.17) is 4.98 Å². The van der Waals surface area contributed by atoms with Gasteiger partial charge in [0.1, 0.15) is 0 Å². The summed E-state index contributed by atoms with van der Waals surface area (Å²) in [5.74, 6) is 0.545. The molecule has 4 heteroatoms. The van der Waals surface area contributed by atoms with Gasteiger partial charge in [-0.05, 0) is 25.7 Å². The number of nitrogens with one attached hydrogen (secondary N) is 1. The average Bonchev–Trinajstić information content (AvgIpc) is 2.89. The van der Waals surface area contributed by atoms with E-state index in [0.717, 1.165) is 26.1 Å². The quantitative estimate of drug-likeness (QED) is 0.674. The van der Waals surface area contributed by atoms with Crippen LogP contribution in [0.4, 0.5) is 5.13 Å². The molecule has 1 unspecified atom stereocenters. The highest BCUT2D eigenvalue weighted by Crippen LogP contribution is 2.32. The lowest BCUT2D eigenvalue weighted by Gasteiger charge is -2.19. The Morgan fingerprint density at radius 2 is 1.90 bits per heavy atom. The van der Waals surface area contributed by atoms with E-state index in [2.05, 4.69) is 51.8 Å². The van der Waals surface area contributed by atoms with Crippen molar-refractivity contribution < 1.29 is 0 Å². The van der Waals surface area contributed by atoms with E-state index in [1.54, 1.807) is 0 Å². The van der Waals surface area contributed by atoms with Crippen LogP contribution in [0, 0.1) is 0 Å². The highest BCUT2D eigenvalue weighted by Gasteiger charge is 2.18. The molecule has 1 heterocycles. The van der Waals surface area contributed by atoms with Crippen LogP contribution in [-0.4, -0.2) is 24.1 Å². The summed E-state index contributed by atoms with van der Waals surface area (Å²) in [4.78, 5) is 8.84. The molecule has 0 aliphatic heterocycles. The van der Waals surface area contributed by atoms with E-state index >= 15 is 0 Å². The van der Waals surface area contributed by atoms with Gasteiger partial charge in [-0.15, -0.1) is 11.3 Å². The second-order valence-electron chi connectivity index (χ2n) is 6.08. The molecule has 0 saturated heterocycles. The minimum atomic E-state index is 0.516. The molecule has 0 aliphatic rings. The lowest BCUT2D eigenvalue weighted by molar-refractivity contribution is 0.584. The Hall–Kier alpha value is -0.610. The third-order valence-electron chi connectivity index (χ3n) is 3.90. The summed E-state index contributed by atoms with van der Waals surface area (Å²) in [5.41, 5.74) is 1.31. The first-order valence-corrected chi connectivity index (χ1v) is 9.32.